The lowest BCUT2D eigenvalue weighted by atomic mass is 9.89. The number of hydrogen-bond donors (Lipinski definition) is 1. The fourth-order valence-corrected chi connectivity index (χ4v) is 25.7. The zero-order chi connectivity index (χ0) is 45.3. The lowest BCUT2D eigenvalue weighted by molar-refractivity contribution is 0.379. The van der Waals surface area contributed by atoms with Crippen molar-refractivity contribution in [2.24, 2.45) is 5.40 Å². The van der Waals surface area contributed by atoms with Gasteiger partial charge in [-0.1, -0.05) is 171 Å². The number of rotatable bonds is 17. The highest BCUT2D eigenvalue weighted by Crippen LogP contribution is 2.37. The number of hydrogen-bond acceptors (Lipinski definition) is 4. The summed E-state index contributed by atoms with van der Waals surface area (Å²) in [5, 5.41) is 14.7. The van der Waals surface area contributed by atoms with Gasteiger partial charge in [-0.05, 0) is 109 Å². The van der Waals surface area contributed by atoms with Gasteiger partial charge in [0.2, 0.25) is 0 Å². The van der Waals surface area contributed by atoms with Gasteiger partial charge in [0.15, 0.2) is 7.75 Å². The predicted octanol–water partition coefficient (Wildman–Crippen LogP) is 12.0. The van der Waals surface area contributed by atoms with Crippen LogP contribution in [0.2, 0.25) is 0 Å². The average Bonchev–Trinajstić information content (AvgIpc) is 3.18. The fraction of sp³-hybridized carbons (Fsp3) is 0.556. The van der Waals surface area contributed by atoms with Crippen molar-refractivity contribution in [3.05, 3.63) is 98.6 Å². The second-order valence-electron chi connectivity index (χ2n) is 20.4. The molecular weight excluding hydrogens is 767 g/mol. The van der Waals surface area contributed by atoms with E-state index in [4.69, 9.17) is 14.2 Å². The summed E-state index contributed by atoms with van der Waals surface area (Å²) in [4.78, 5) is 0. The van der Waals surface area contributed by atoms with Gasteiger partial charge in [0.05, 0.1) is 21.3 Å². The van der Waals surface area contributed by atoms with E-state index in [1.54, 1.807) is 21.3 Å². The molecule has 1 atom stereocenters. The van der Waals surface area contributed by atoms with Crippen molar-refractivity contribution >= 4 is 36.8 Å². The maximum absolute atomic E-state index is 9.27. The minimum absolute atomic E-state index is 0.228. The van der Waals surface area contributed by atoms with E-state index in [2.05, 4.69) is 173 Å². The molecule has 330 valence electrons. The van der Waals surface area contributed by atoms with Crippen molar-refractivity contribution in [2.45, 2.75) is 178 Å². The van der Waals surface area contributed by atoms with Crippen LogP contribution in [0, 0.1) is 0 Å². The van der Waals surface area contributed by atoms with Crippen molar-refractivity contribution in [1.29, 1.82) is 0 Å². The van der Waals surface area contributed by atoms with E-state index in [0.717, 1.165) is 16.7 Å². The van der Waals surface area contributed by atoms with Gasteiger partial charge in [-0.15, -0.1) is 0 Å². The normalized spacial score (nSPS) is 13.5. The second-order valence-corrected chi connectivity index (χ2v) is 29.6. The highest BCUT2D eigenvalue weighted by atomic mass is 29.2. The molecule has 2 N–H and O–H groups in total. The van der Waals surface area contributed by atoms with Crippen LogP contribution in [-0.4, -0.2) is 37.4 Å². The summed E-state index contributed by atoms with van der Waals surface area (Å²) < 4.78 is 19.2. The molecule has 0 amide bonds. The molecular formula is C54H83NO3Si2. The highest BCUT2D eigenvalue weighted by Gasteiger charge is 2.54. The standard InChI is InChI=1S/C54H83NO3Si2/c1-30(2)39-22-43(33(7)8)51(44(23-39)34(9)10)59(52-45(35(11)12)24-40(31(3)4)25-46(52)36(13)14)60(55,54-49(57-20)28-42(56-19)29-50(54)58-21)53-47(37(15)16)26-41(32(5)6)27-48(53)38(17)18/h22-38,59H,55H2,1-21H3/t60-/m1/s1. The Kier molecular flexibility index (Phi) is 16.3. The van der Waals surface area contributed by atoms with Crippen molar-refractivity contribution in [3.63, 3.8) is 0 Å². The molecule has 4 aromatic rings. The minimum atomic E-state index is -3.62. The van der Waals surface area contributed by atoms with Gasteiger partial charge >= 0.3 is 0 Å². The zero-order valence-corrected chi connectivity index (χ0v) is 43.8. The molecule has 0 bridgehead atoms. The molecule has 0 aliphatic rings. The van der Waals surface area contributed by atoms with Gasteiger partial charge in [0.1, 0.15) is 25.6 Å². The Morgan fingerprint density at radius 2 is 0.633 bits per heavy atom. The van der Waals surface area contributed by atoms with Crippen molar-refractivity contribution in [3.8, 4) is 17.2 Å². The van der Waals surface area contributed by atoms with Crippen LogP contribution in [-0.2, 0) is 0 Å². The Hall–Kier alpha value is -3.33. The Bertz CT molecular complexity index is 1920. The molecule has 0 unspecified atom stereocenters. The highest BCUT2D eigenvalue weighted by molar-refractivity contribution is 7.51. The monoisotopic (exact) mass is 850 g/mol. The maximum atomic E-state index is 9.27. The van der Waals surface area contributed by atoms with E-state index >= 15 is 0 Å². The van der Waals surface area contributed by atoms with E-state index in [-0.39, 0.29) is 35.5 Å². The van der Waals surface area contributed by atoms with Gasteiger partial charge < -0.3 is 19.6 Å². The topological polar surface area (TPSA) is 53.7 Å². The lowest BCUT2D eigenvalue weighted by Crippen LogP contribution is -2.84. The van der Waals surface area contributed by atoms with Gasteiger partial charge in [0, 0.05) is 17.3 Å². The molecule has 0 saturated heterocycles. The van der Waals surface area contributed by atoms with Crippen LogP contribution in [0.3, 0.4) is 0 Å². The lowest BCUT2D eigenvalue weighted by Gasteiger charge is -2.45. The molecule has 0 saturated carbocycles. The molecule has 60 heavy (non-hydrogen) atoms. The van der Waals surface area contributed by atoms with Crippen LogP contribution < -0.4 is 40.4 Å². The van der Waals surface area contributed by atoms with Gasteiger partial charge in [0.25, 0.3) is 0 Å². The van der Waals surface area contributed by atoms with E-state index in [9.17, 15) is 5.40 Å². The molecule has 0 radical (unpaired) electrons. The number of nitrogens with two attached hydrogens (primary N) is 1. The smallest absolute Gasteiger partial charge is 0.191 e. The maximum Gasteiger partial charge on any atom is 0.191 e. The zero-order valence-electron chi connectivity index (χ0n) is 41.7. The molecule has 0 spiro atoms. The fourth-order valence-electron chi connectivity index (χ4n) is 9.55. The van der Waals surface area contributed by atoms with E-state index < -0.39 is 16.1 Å². The molecule has 0 heterocycles. The summed E-state index contributed by atoms with van der Waals surface area (Å²) in [6.07, 6.45) is 0. The minimum Gasteiger partial charge on any atom is -0.497 e. The molecule has 0 aliphatic heterocycles. The first kappa shape index (κ1) is 49.3. The number of methoxy groups -OCH3 is 3. The van der Waals surface area contributed by atoms with Crippen LogP contribution in [0.25, 0.3) is 0 Å². The summed E-state index contributed by atoms with van der Waals surface area (Å²) in [6.45, 7) is 42.7. The van der Waals surface area contributed by atoms with Crippen molar-refractivity contribution in [1.82, 2.24) is 0 Å². The first-order chi connectivity index (χ1) is 28.0. The van der Waals surface area contributed by atoms with E-state index in [1.165, 1.54) is 65.6 Å². The van der Waals surface area contributed by atoms with Crippen LogP contribution in [0.5, 0.6) is 17.2 Å². The average molecular weight is 850 g/mol. The molecule has 4 rings (SSSR count). The Balaban J connectivity index is 2.67. The summed E-state index contributed by atoms with van der Waals surface area (Å²) >= 11 is 0. The number of ether oxygens (including phenoxy) is 3. The van der Waals surface area contributed by atoms with Crippen LogP contribution in [0.4, 0.5) is 0 Å². The SMILES string of the molecule is COc1cc(OC)c([Si@@](N)(c2c(C(C)C)cc(C(C)C)cc2C(C)C)[SiH](c2c(C(C)C)cc(C(C)C)cc2C(C)C)c2c(C(C)C)cc(C(C)C)cc2C(C)C)c(OC)c1. The van der Waals surface area contributed by atoms with Crippen LogP contribution in [0.1, 0.15) is 228 Å². The molecule has 6 heteroatoms. The third-order valence-corrected chi connectivity index (χ3v) is 25.4. The second kappa shape index (κ2) is 19.8. The predicted molar refractivity (Wildman–Crippen MR) is 268 cm³/mol. The van der Waals surface area contributed by atoms with E-state index in [0.29, 0.717) is 23.5 Å². The quantitative estimate of drug-likeness (QED) is 0.108. The summed E-state index contributed by atoms with van der Waals surface area (Å²) in [7, 11) is -0.996. The van der Waals surface area contributed by atoms with E-state index in [1.807, 2.05) is 0 Å². The Morgan fingerprint density at radius 1 is 0.367 bits per heavy atom. The Morgan fingerprint density at radius 3 is 0.850 bits per heavy atom. The molecule has 0 aliphatic carbocycles. The Labute approximate surface area is 369 Å². The summed E-state index contributed by atoms with van der Waals surface area (Å²) in [6, 6.07) is 19.4. The summed E-state index contributed by atoms with van der Waals surface area (Å²) in [5.41, 5.74) is 12.7. The molecule has 4 aromatic carbocycles. The first-order valence-electron chi connectivity index (χ1n) is 23.1. The number of benzene rings is 4. The molecule has 0 aromatic heterocycles. The third kappa shape index (κ3) is 9.51. The third-order valence-electron chi connectivity index (χ3n) is 13.1. The molecule has 4 nitrogen and oxygen atoms in total. The van der Waals surface area contributed by atoms with Crippen LogP contribution in [0.15, 0.2) is 48.5 Å². The van der Waals surface area contributed by atoms with Gasteiger partial charge in [-0.2, -0.15) is 0 Å². The van der Waals surface area contributed by atoms with Gasteiger partial charge in [-0.25, -0.2) is 0 Å². The molecule has 0 fully saturated rings. The van der Waals surface area contributed by atoms with Crippen LogP contribution >= 0.6 is 0 Å². The van der Waals surface area contributed by atoms with Crippen molar-refractivity contribution in [2.75, 3.05) is 21.3 Å². The summed E-state index contributed by atoms with van der Waals surface area (Å²) in [5.74, 6) is 4.93. The first-order valence-corrected chi connectivity index (χ1v) is 28.1. The van der Waals surface area contributed by atoms with Crippen molar-refractivity contribution < 1.29 is 14.2 Å². The van der Waals surface area contributed by atoms with Gasteiger partial charge in [-0.3, -0.25) is 0 Å². The largest absolute Gasteiger partial charge is 0.497 e.